The van der Waals surface area contributed by atoms with Crippen LogP contribution in [0.4, 0.5) is 0 Å². The highest BCUT2D eigenvalue weighted by Gasteiger charge is 2.20. The normalized spacial score (nSPS) is 11.8. The van der Waals surface area contributed by atoms with Crippen LogP contribution in [-0.4, -0.2) is 4.57 Å². The van der Waals surface area contributed by atoms with E-state index in [4.69, 9.17) is 8.83 Å². The SMILES string of the molecule is c1ccc(-c2ccc(-c3cc(-c4ccccc4)cc(-c4cccc5oc6c(-c7ccc8oc9cc(-n%10c%11ccccc%11c%11cc(-c%12ccccc%12)ccc%11%10)ccc9c8c7)cccc6c45)c3)cc2)cc1. The van der Waals surface area contributed by atoms with Gasteiger partial charge >= 0.3 is 0 Å². The Hall–Kier alpha value is -9.18. The molecule has 0 saturated heterocycles. The molecular formula is C66H41NO2. The van der Waals surface area contributed by atoms with Crippen molar-refractivity contribution in [3.05, 3.63) is 249 Å². The van der Waals surface area contributed by atoms with Crippen molar-refractivity contribution in [2.24, 2.45) is 0 Å². The number of hydrogen-bond acceptors (Lipinski definition) is 2. The minimum atomic E-state index is 0.849. The van der Waals surface area contributed by atoms with Crippen LogP contribution in [-0.2, 0) is 0 Å². The highest BCUT2D eigenvalue weighted by Crippen LogP contribution is 2.44. The summed E-state index contributed by atoms with van der Waals surface area (Å²) in [6, 6.07) is 89.3. The van der Waals surface area contributed by atoms with E-state index < -0.39 is 0 Å². The Morgan fingerprint density at radius 2 is 0.797 bits per heavy atom. The number of furan rings is 2. The molecule has 322 valence electrons. The first kappa shape index (κ1) is 39.0. The molecular weight excluding hydrogens is 839 g/mol. The van der Waals surface area contributed by atoms with E-state index in [9.17, 15) is 0 Å². The van der Waals surface area contributed by atoms with Gasteiger partial charge in [0, 0.05) is 49.6 Å². The average Bonchev–Trinajstić information content (AvgIpc) is 4.10. The van der Waals surface area contributed by atoms with Crippen LogP contribution >= 0.6 is 0 Å². The van der Waals surface area contributed by atoms with Crippen LogP contribution in [0.3, 0.4) is 0 Å². The molecule has 0 atom stereocenters. The Kier molecular flexibility index (Phi) is 8.90. The number of aromatic nitrogens is 1. The zero-order valence-corrected chi connectivity index (χ0v) is 37.4. The molecule has 11 aromatic carbocycles. The highest BCUT2D eigenvalue weighted by molar-refractivity contribution is 6.17. The third-order valence-electron chi connectivity index (χ3n) is 14.0. The van der Waals surface area contributed by atoms with Crippen molar-refractivity contribution in [3.63, 3.8) is 0 Å². The topological polar surface area (TPSA) is 31.2 Å². The summed E-state index contributed by atoms with van der Waals surface area (Å²) in [5.74, 6) is 0. The zero-order chi connectivity index (χ0) is 45.4. The molecule has 3 heterocycles. The average molecular weight is 880 g/mol. The van der Waals surface area contributed by atoms with E-state index in [0.29, 0.717) is 0 Å². The third kappa shape index (κ3) is 6.51. The van der Waals surface area contributed by atoms with Crippen molar-refractivity contribution in [1.82, 2.24) is 4.57 Å². The predicted octanol–water partition coefficient (Wildman–Crippen LogP) is 18.6. The molecule has 0 N–H and O–H groups in total. The van der Waals surface area contributed by atoms with Crippen molar-refractivity contribution in [3.8, 4) is 72.4 Å². The fourth-order valence-corrected chi connectivity index (χ4v) is 10.7. The van der Waals surface area contributed by atoms with Crippen LogP contribution in [0.15, 0.2) is 258 Å². The van der Waals surface area contributed by atoms with Crippen molar-refractivity contribution in [2.75, 3.05) is 0 Å². The molecule has 3 heteroatoms. The molecule has 3 aromatic heterocycles. The van der Waals surface area contributed by atoms with Gasteiger partial charge in [0.2, 0.25) is 0 Å². The van der Waals surface area contributed by atoms with Gasteiger partial charge in [0.05, 0.1) is 11.0 Å². The fraction of sp³-hybridized carbons (Fsp3) is 0. The fourth-order valence-electron chi connectivity index (χ4n) is 10.7. The summed E-state index contributed by atoms with van der Waals surface area (Å²) in [7, 11) is 0. The van der Waals surface area contributed by atoms with Gasteiger partial charge in [-0.1, -0.05) is 176 Å². The van der Waals surface area contributed by atoms with E-state index in [1.165, 1.54) is 49.7 Å². The van der Waals surface area contributed by atoms with Crippen LogP contribution in [0.5, 0.6) is 0 Å². The Labute approximate surface area is 398 Å². The van der Waals surface area contributed by atoms with E-state index in [1.54, 1.807) is 0 Å². The molecule has 14 aromatic rings. The van der Waals surface area contributed by atoms with Crippen molar-refractivity contribution < 1.29 is 8.83 Å². The second-order valence-electron chi connectivity index (χ2n) is 18.0. The van der Waals surface area contributed by atoms with E-state index >= 15 is 0 Å². The van der Waals surface area contributed by atoms with Gasteiger partial charge < -0.3 is 13.4 Å². The number of rotatable bonds is 7. The molecule has 0 aliphatic heterocycles. The first-order chi connectivity index (χ1) is 34.2. The minimum Gasteiger partial charge on any atom is -0.456 e. The number of fused-ring (bicyclic) bond motifs is 9. The summed E-state index contributed by atoms with van der Waals surface area (Å²) >= 11 is 0. The van der Waals surface area contributed by atoms with Gasteiger partial charge in [0.25, 0.3) is 0 Å². The molecule has 0 radical (unpaired) electrons. The van der Waals surface area contributed by atoms with Gasteiger partial charge in [-0.25, -0.2) is 0 Å². The van der Waals surface area contributed by atoms with E-state index in [2.05, 4.69) is 253 Å². The van der Waals surface area contributed by atoms with E-state index in [0.717, 1.165) is 88.4 Å². The van der Waals surface area contributed by atoms with Crippen molar-refractivity contribution in [2.45, 2.75) is 0 Å². The van der Waals surface area contributed by atoms with Crippen LogP contribution < -0.4 is 0 Å². The largest absolute Gasteiger partial charge is 0.456 e. The van der Waals surface area contributed by atoms with Gasteiger partial charge in [-0.15, -0.1) is 0 Å². The Morgan fingerprint density at radius 1 is 0.246 bits per heavy atom. The lowest BCUT2D eigenvalue weighted by atomic mass is 9.91. The maximum Gasteiger partial charge on any atom is 0.143 e. The summed E-state index contributed by atoms with van der Waals surface area (Å²) < 4.78 is 15.9. The second-order valence-corrected chi connectivity index (χ2v) is 18.0. The number of benzene rings is 11. The summed E-state index contributed by atoms with van der Waals surface area (Å²) in [5, 5.41) is 6.78. The monoisotopic (exact) mass is 879 g/mol. The smallest absolute Gasteiger partial charge is 0.143 e. The molecule has 0 spiro atoms. The molecule has 14 rings (SSSR count). The summed E-state index contributed by atoms with van der Waals surface area (Å²) in [6.45, 7) is 0. The van der Waals surface area contributed by atoms with Gasteiger partial charge in [-0.2, -0.15) is 0 Å². The van der Waals surface area contributed by atoms with Crippen LogP contribution in [0.1, 0.15) is 0 Å². The lowest BCUT2D eigenvalue weighted by Gasteiger charge is -2.13. The molecule has 0 bridgehead atoms. The molecule has 3 nitrogen and oxygen atoms in total. The minimum absolute atomic E-state index is 0.849. The Morgan fingerprint density at radius 3 is 1.55 bits per heavy atom. The third-order valence-corrected chi connectivity index (χ3v) is 14.0. The maximum atomic E-state index is 6.90. The summed E-state index contributed by atoms with van der Waals surface area (Å²) in [6.07, 6.45) is 0. The quantitative estimate of drug-likeness (QED) is 0.160. The number of nitrogens with zero attached hydrogens (tertiary/aromatic N) is 1. The van der Waals surface area contributed by atoms with Crippen LogP contribution in [0.2, 0.25) is 0 Å². The highest BCUT2D eigenvalue weighted by atomic mass is 16.3. The Bertz CT molecular complexity index is 4270. The Balaban J connectivity index is 0.866. The first-order valence-corrected chi connectivity index (χ1v) is 23.6. The molecule has 0 aliphatic rings. The summed E-state index contributed by atoms with van der Waals surface area (Å²) in [4.78, 5) is 0. The van der Waals surface area contributed by atoms with Crippen LogP contribution in [0, 0.1) is 0 Å². The lowest BCUT2D eigenvalue weighted by Crippen LogP contribution is -1.93. The zero-order valence-electron chi connectivity index (χ0n) is 37.4. The van der Waals surface area contributed by atoms with E-state index in [-0.39, 0.29) is 0 Å². The molecule has 0 amide bonds. The van der Waals surface area contributed by atoms with Gasteiger partial charge in [-0.3, -0.25) is 0 Å². The predicted molar refractivity (Wildman–Crippen MR) is 288 cm³/mol. The first-order valence-electron chi connectivity index (χ1n) is 23.6. The maximum absolute atomic E-state index is 6.90. The molecule has 0 fully saturated rings. The molecule has 0 saturated carbocycles. The van der Waals surface area contributed by atoms with Crippen molar-refractivity contribution >= 4 is 65.7 Å². The molecule has 0 aliphatic carbocycles. The van der Waals surface area contributed by atoms with Gasteiger partial charge in [0.15, 0.2) is 0 Å². The standard InChI is InChI=1S/C66H41NO2/c1-4-14-42(15-5-1)45-26-28-46(29-27-45)50-36-49(44-18-8-3-9-19-44)37-51(38-50)53-21-13-25-63-65(53)57-23-12-22-54(66(57)69-63)48-31-35-62-59(40-48)56-33-32-52(41-64(56)68-62)67-60-24-11-10-20-55(60)58-39-47(30-34-61(58)67)43-16-6-2-7-17-43/h1-41H. The van der Waals surface area contributed by atoms with Gasteiger partial charge in [0.1, 0.15) is 22.3 Å². The van der Waals surface area contributed by atoms with E-state index in [1.807, 2.05) is 0 Å². The number of para-hydroxylation sites is 2. The van der Waals surface area contributed by atoms with Crippen LogP contribution in [0.25, 0.3) is 138 Å². The second kappa shape index (κ2) is 15.7. The molecule has 0 unspecified atom stereocenters. The van der Waals surface area contributed by atoms with Gasteiger partial charge in [-0.05, 0) is 128 Å². The molecule has 69 heavy (non-hydrogen) atoms. The summed E-state index contributed by atoms with van der Waals surface area (Å²) in [5.41, 5.74) is 20.7. The van der Waals surface area contributed by atoms with Crippen molar-refractivity contribution in [1.29, 1.82) is 0 Å². The lowest BCUT2D eigenvalue weighted by molar-refractivity contribution is 0.668. The number of hydrogen-bond donors (Lipinski definition) is 0.